The van der Waals surface area contributed by atoms with E-state index < -0.39 is 0 Å². The van der Waals surface area contributed by atoms with Crippen LogP contribution in [0.1, 0.15) is 33.7 Å². The van der Waals surface area contributed by atoms with Crippen LogP contribution >= 0.6 is 0 Å². The second-order valence-electron chi connectivity index (χ2n) is 3.25. The van der Waals surface area contributed by atoms with Gasteiger partial charge < -0.3 is 4.57 Å². The summed E-state index contributed by atoms with van der Waals surface area (Å²) in [6.45, 7) is 8.36. The molecule has 2 aromatic rings. The standard InChI is InChI=1S/C10H12N2.C2H6/c1-8(2)12-6-4-9-7-11-5-3-10(9)12;1-2/h3-8H,1-2H3;1-2H3. The van der Waals surface area contributed by atoms with Gasteiger partial charge in [0.25, 0.3) is 0 Å². The van der Waals surface area contributed by atoms with Crippen molar-refractivity contribution in [3.8, 4) is 0 Å². The Kier molecular flexibility index (Phi) is 3.69. The summed E-state index contributed by atoms with van der Waals surface area (Å²) in [5, 5.41) is 1.21. The van der Waals surface area contributed by atoms with E-state index in [-0.39, 0.29) is 0 Å². The number of fused-ring (bicyclic) bond motifs is 1. The fourth-order valence-electron chi connectivity index (χ4n) is 1.45. The minimum atomic E-state index is 0.518. The van der Waals surface area contributed by atoms with Crippen LogP contribution in [0.3, 0.4) is 0 Å². The van der Waals surface area contributed by atoms with E-state index in [0.717, 1.165) is 0 Å². The number of rotatable bonds is 1. The first kappa shape index (κ1) is 10.8. The molecule has 0 saturated heterocycles. The van der Waals surface area contributed by atoms with E-state index in [0.29, 0.717) is 6.04 Å². The zero-order chi connectivity index (χ0) is 10.6. The van der Waals surface area contributed by atoms with Gasteiger partial charge in [0.05, 0.1) is 5.52 Å². The molecule has 0 aliphatic heterocycles. The summed E-state index contributed by atoms with van der Waals surface area (Å²) in [7, 11) is 0. The summed E-state index contributed by atoms with van der Waals surface area (Å²) in [5.41, 5.74) is 1.26. The summed E-state index contributed by atoms with van der Waals surface area (Å²) in [6.07, 6.45) is 5.84. The summed E-state index contributed by atoms with van der Waals surface area (Å²) < 4.78 is 2.25. The molecule has 0 saturated carbocycles. The lowest BCUT2D eigenvalue weighted by Gasteiger charge is -2.08. The Morgan fingerprint density at radius 2 is 1.93 bits per heavy atom. The van der Waals surface area contributed by atoms with Crippen molar-refractivity contribution < 1.29 is 0 Å². The van der Waals surface area contributed by atoms with Crippen LogP contribution in [0.2, 0.25) is 0 Å². The lowest BCUT2D eigenvalue weighted by Crippen LogP contribution is -1.97. The van der Waals surface area contributed by atoms with E-state index in [9.17, 15) is 0 Å². The molecule has 0 aliphatic carbocycles. The zero-order valence-corrected chi connectivity index (χ0v) is 9.36. The number of hydrogen-bond acceptors (Lipinski definition) is 1. The van der Waals surface area contributed by atoms with Crippen molar-refractivity contribution in [2.75, 3.05) is 0 Å². The molecule has 76 valence electrons. The molecule has 0 radical (unpaired) electrons. The van der Waals surface area contributed by atoms with E-state index in [1.807, 2.05) is 26.2 Å². The molecule has 2 heterocycles. The van der Waals surface area contributed by atoms with Crippen LogP contribution in [-0.2, 0) is 0 Å². The summed E-state index contributed by atoms with van der Waals surface area (Å²) in [5.74, 6) is 0. The lowest BCUT2D eigenvalue weighted by molar-refractivity contribution is 0.623. The quantitative estimate of drug-likeness (QED) is 0.671. The van der Waals surface area contributed by atoms with Crippen LogP contribution in [0.5, 0.6) is 0 Å². The highest BCUT2D eigenvalue weighted by molar-refractivity contribution is 5.78. The topological polar surface area (TPSA) is 17.8 Å². The highest BCUT2D eigenvalue weighted by Crippen LogP contribution is 2.17. The predicted octanol–water partition coefficient (Wildman–Crippen LogP) is 3.64. The Morgan fingerprint density at radius 1 is 1.21 bits per heavy atom. The maximum atomic E-state index is 4.07. The van der Waals surface area contributed by atoms with Gasteiger partial charge in [-0.15, -0.1) is 0 Å². The van der Waals surface area contributed by atoms with Gasteiger partial charge in [-0.2, -0.15) is 0 Å². The molecular formula is C12H18N2. The van der Waals surface area contributed by atoms with E-state index in [1.54, 1.807) is 0 Å². The van der Waals surface area contributed by atoms with Gasteiger partial charge in [0.1, 0.15) is 0 Å². The molecule has 0 N–H and O–H groups in total. The third-order valence-electron chi connectivity index (χ3n) is 2.08. The third kappa shape index (κ3) is 1.95. The van der Waals surface area contributed by atoms with Crippen LogP contribution in [0, 0.1) is 0 Å². The summed E-state index contributed by atoms with van der Waals surface area (Å²) in [4.78, 5) is 4.07. The maximum absolute atomic E-state index is 4.07. The first-order valence-corrected chi connectivity index (χ1v) is 5.19. The smallest absolute Gasteiger partial charge is 0.0513 e. The molecule has 2 nitrogen and oxygen atoms in total. The maximum Gasteiger partial charge on any atom is 0.0513 e. The molecule has 2 heteroatoms. The molecule has 0 bridgehead atoms. The summed E-state index contributed by atoms with van der Waals surface area (Å²) in [6, 6.07) is 4.67. The minimum Gasteiger partial charge on any atom is -0.345 e. The third-order valence-corrected chi connectivity index (χ3v) is 2.08. The van der Waals surface area contributed by atoms with Gasteiger partial charge >= 0.3 is 0 Å². The molecule has 0 atom stereocenters. The highest BCUT2D eigenvalue weighted by atomic mass is 15.0. The fourth-order valence-corrected chi connectivity index (χ4v) is 1.45. The Bertz CT molecular complexity index is 388. The minimum absolute atomic E-state index is 0.518. The van der Waals surface area contributed by atoms with Gasteiger partial charge in [-0.1, -0.05) is 13.8 Å². The number of nitrogens with zero attached hydrogens (tertiary/aromatic N) is 2. The highest BCUT2D eigenvalue weighted by Gasteiger charge is 2.01. The Labute approximate surface area is 85.6 Å². The van der Waals surface area contributed by atoms with Crippen molar-refractivity contribution in [3.63, 3.8) is 0 Å². The molecular weight excluding hydrogens is 172 g/mol. The van der Waals surface area contributed by atoms with Gasteiger partial charge in [0, 0.05) is 30.0 Å². The average Bonchev–Trinajstić information content (AvgIpc) is 2.64. The molecule has 0 unspecified atom stereocenters. The van der Waals surface area contributed by atoms with Gasteiger partial charge in [-0.3, -0.25) is 4.98 Å². The molecule has 0 aliphatic rings. The van der Waals surface area contributed by atoms with Gasteiger partial charge in [0.15, 0.2) is 0 Å². The normalized spacial score (nSPS) is 10.1. The van der Waals surface area contributed by atoms with Crippen molar-refractivity contribution in [2.45, 2.75) is 33.7 Å². The Hall–Kier alpha value is -1.31. The van der Waals surface area contributed by atoms with Crippen molar-refractivity contribution in [3.05, 3.63) is 30.7 Å². The van der Waals surface area contributed by atoms with E-state index in [4.69, 9.17) is 0 Å². The zero-order valence-electron chi connectivity index (χ0n) is 9.36. The fraction of sp³-hybridized carbons (Fsp3) is 0.417. The monoisotopic (exact) mass is 190 g/mol. The van der Waals surface area contributed by atoms with Gasteiger partial charge in [-0.05, 0) is 26.0 Å². The molecule has 2 rings (SSSR count). The van der Waals surface area contributed by atoms with E-state index in [2.05, 4.69) is 41.7 Å². The van der Waals surface area contributed by atoms with Crippen molar-refractivity contribution in [1.82, 2.24) is 9.55 Å². The Balaban J connectivity index is 0.000000461. The van der Waals surface area contributed by atoms with Gasteiger partial charge in [-0.25, -0.2) is 0 Å². The first-order chi connectivity index (χ1) is 6.79. The molecule has 0 amide bonds. The van der Waals surface area contributed by atoms with E-state index in [1.165, 1.54) is 10.9 Å². The average molecular weight is 190 g/mol. The number of hydrogen-bond donors (Lipinski definition) is 0. The van der Waals surface area contributed by atoms with Crippen LogP contribution < -0.4 is 0 Å². The number of aromatic nitrogens is 2. The van der Waals surface area contributed by atoms with Crippen LogP contribution in [0.15, 0.2) is 30.7 Å². The lowest BCUT2D eigenvalue weighted by atomic mass is 10.3. The second kappa shape index (κ2) is 4.80. The van der Waals surface area contributed by atoms with Crippen LogP contribution in [0.25, 0.3) is 10.9 Å². The molecule has 2 aromatic heterocycles. The number of pyridine rings is 1. The van der Waals surface area contributed by atoms with Crippen molar-refractivity contribution >= 4 is 10.9 Å². The molecule has 0 fully saturated rings. The van der Waals surface area contributed by atoms with Crippen LogP contribution in [-0.4, -0.2) is 9.55 Å². The SMILES string of the molecule is CC.CC(C)n1ccc2cnccc21. The first-order valence-electron chi connectivity index (χ1n) is 5.19. The van der Waals surface area contributed by atoms with Crippen molar-refractivity contribution in [2.24, 2.45) is 0 Å². The van der Waals surface area contributed by atoms with E-state index >= 15 is 0 Å². The Morgan fingerprint density at radius 3 is 2.57 bits per heavy atom. The predicted molar refractivity (Wildman–Crippen MR) is 61.5 cm³/mol. The van der Waals surface area contributed by atoms with Crippen molar-refractivity contribution in [1.29, 1.82) is 0 Å². The molecule has 0 spiro atoms. The van der Waals surface area contributed by atoms with Gasteiger partial charge in [0.2, 0.25) is 0 Å². The van der Waals surface area contributed by atoms with Crippen LogP contribution in [0.4, 0.5) is 0 Å². The molecule has 0 aromatic carbocycles. The second-order valence-corrected chi connectivity index (χ2v) is 3.25. The largest absolute Gasteiger partial charge is 0.345 e. The molecule has 14 heavy (non-hydrogen) atoms. The summed E-state index contributed by atoms with van der Waals surface area (Å²) >= 11 is 0.